The normalized spacial score (nSPS) is 17.4. The Hall–Kier alpha value is -3.26. The number of methoxy groups -OCH3 is 4. The minimum absolute atomic E-state index is 0.0785. The Kier molecular flexibility index (Phi) is 8.76. The maximum Gasteiger partial charge on any atom is 0.254 e. The Morgan fingerprint density at radius 3 is 2.26 bits per heavy atom. The van der Waals surface area contributed by atoms with Gasteiger partial charge in [0.15, 0.2) is 11.5 Å². The average molecular weight is 471 g/mol. The molecule has 2 aromatic carbocycles. The molecule has 1 aliphatic heterocycles. The van der Waals surface area contributed by atoms with Crippen molar-refractivity contribution in [3.05, 3.63) is 53.1 Å². The monoisotopic (exact) mass is 470 g/mol. The van der Waals surface area contributed by atoms with Gasteiger partial charge in [-0.25, -0.2) is 0 Å². The Bertz CT molecular complexity index is 984. The molecule has 1 heterocycles. The summed E-state index contributed by atoms with van der Waals surface area (Å²) >= 11 is 0. The van der Waals surface area contributed by atoms with Crippen molar-refractivity contribution in [3.63, 3.8) is 0 Å². The fourth-order valence-corrected chi connectivity index (χ4v) is 4.43. The quantitative estimate of drug-likeness (QED) is 0.537. The third kappa shape index (κ3) is 5.44. The van der Waals surface area contributed by atoms with E-state index in [0.29, 0.717) is 49.1 Å². The molecule has 1 N–H and O–H groups in total. The lowest BCUT2D eigenvalue weighted by molar-refractivity contribution is -0.125. The lowest BCUT2D eigenvalue weighted by atomic mass is 9.88. The van der Waals surface area contributed by atoms with Crippen LogP contribution in [0.1, 0.15) is 33.8 Å². The highest BCUT2D eigenvalue weighted by Crippen LogP contribution is 2.43. The molecule has 0 aliphatic carbocycles. The maximum absolute atomic E-state index is 13.4. The lowest BCUT2D eigenvalue weighted by Gasteiger charge is -2.21. The molecule has 2 unspecified atom stereocenters. The van der Waals surface area contributed by atoms with E-state index in [4.69, 9.17) is 18.9 Å². The maximum atomic E-state index is 13.4. The number of ether oxygens (including phenoxy) is 4. The van der Waals surface area contributed by atoms with Crippen LogP contribution in [0.5, 0.6) is 17.2 Å². The molecule has 2 amide bonds. The summed E-state index contributed by atoms with van der Waals surface area (Å²) in [6.07, 6.45) is 0.718. The van der Waals surface area contributed by atoms with Crippen LogP contribution in [0.3, 0.4) is 0 Å². The predicted octanol–water partition coefficient (Wildman–Crippen LogP) is 3.03. The second kappa shape index (κ2) is 11.7. The molecule has 2 atom stereocenters. The van der Waals surface area contributed by atoms with Gasteiger partial charge in [0.25, 0.3) is 5.91 Å². The highest BCUT2D eigenvalue weighted by molar-refractivity contribution is 5.96. The van der Waals surface area contributed by atoms with Crippen LogP contribution in [-0.4, -0.2) is 71.4 Å². The SMILES string of the molecule is COCCCNC(=O)C1CN(C(=O)c2ccccc2C)CC1c1cc(OC)c(OC)c(OC)c1. The lowest BCUT2D eigenvalue weighted by Crippen LogP contribution is -2.36. The second-order valence-electron chi connectivity index (χ2n) is 8.33. The van der Waals surface area contributed by atoms with Gasteiger partial charge in [-0.05, 0) is 42.7 Å². The van der Waals surface area contributed by atoms with Gasteiger partial charge in [-0.3, -0.25) is 9.59 Å². The summed E-state index contributed by atoms with van der Waals surface area (Å²) in [4.78, 5) is 28.3. The first-order valence-corrected chi connectivity index (χ1v) is 11.4. The van der Waals surface area contributed by atoms with Crippen molar-refractivity contribution in [2.24, 2.45) is 5.92 Å². The number of hydrogen-bond acceptors (Lipinski definition) is 6. The fourth-order valence-electron chi connectivity index (χ4n) is 4.43. The molecule has 2 aromatic rings. The largest absolute Gasteiger partial charge is 0.493 e. The summed E-state index contributed by atoms with van der Waals surface area (Å²) in [6, 6.07) is 11.2. The van der Waals surface area contributed by atoms with Crippen LogP contribution in [0.2, 0.25) is 0 Å². The van der Waals surface area contributed by atoms with Gasteiger partial charge in [0.2, 0.25) is 11.7 Å². The Morgan fingerprint density at radius 2 is 1.68 bits per heavy atom. The first kappa shape index (κ1) is 25.4. The third-order valence-electron chi connectivity index (χ3n) is 6.26. The molecular formula is C26H34N2O6. The highest BCUT2D eigenvalue weighted by atomic mass is 16.5. The summed E-state index contributed by atoms with van der Waals surface area (Å²) in [6.45, 7) is 3.72. The molecule has 8 nitrogen and oxygen atoms in total. The first-order valence-electron chi connectivity index (χ1n) is 11.4. The van der Waals surface area contributed by atoms with Crippen LogP contribution in [-0.2, 0) is 9.53 Å². The summed E-state index contributed by atoms with van der Waals surface area (Å²) in [5, 5.41) is 3.01. The molecule has 0 radical (unpaired) electrons. The molecular weight excluding hydrogens is 436 g/mol. The van der Waals surface area contributed by atoms with Crippen molar-refractivity contribution < 1.29 is 28.5 Å². The number of carbonyl (C=O) groups is 2. The Balaban J connectivity index is 1.94. The molecule has 0 saturated carbocycles. The summed E-state index contributed by atoms with van der Waals surface area (Å²) < 4.78 is 21.6. The van der Waals surface area contributed by atoms with E-state index in [1.807, 2.05) is 43.3 Å². The van der Waals surface area contributed by atoms with Crippen LogP contribution in [0, 0.1) is 12.8 Å². The van der Waals surface area contributed by atoms with Crippen LogP contribution in [0.25, 0.3) is 0 Å². The van der Waals surface area contributed by atoms with Crippen molar-refractivity contribution in [2.75, 3.05) is 54.7 Å². The van der Waals surface area contributed by atoms with E-state index in [2.05, 4.69) is 5.32 Å². The Labute approximate surface area is 201 Å². The Morgan fingerprint density at radius 1 is 1.00 bits per heavy atom. The number of nitrogens with zero attached hydrogens (tertiary/aromatic N) is 1. The fraction of sp³-hybridized carbons (Fsp3) is 0.462. The van der Waals surface area contributed by atoms with Crippen LogP contribution in [0.4, 0.5) is 0 Å². The molecule has 0 aromatic heterocycles. The number of benzene rings is 2. The van der Waals surface area contributed by atoms with Gasteiger partial charge >= 0.3 is 0 Å². The number of likely N-dealkylation sites (tertiary alicyclic amines) is 1. The van der Waals surface area contributed by atoms with E-state index < -0.39 is 5.92 Å². The van der Waals surface area contributed by atoms with Crippen LogP contribution < -0.4 is 19.5 Å². The standard InChI is InChI=1S/C26H34N2O6/c1-17-9-6-7-10-19(17)26(30)28-15-20(21(16-28)25(29)27-11-8-12-31-2)18-13-22(32-3)24(34-5)23(14-18)33-4/h6-7,9-10,13-14,20-21H,8,11-12,15-16H2,1-5H3,(H,27,29). The zero-order valence-electron chi connectivity index (χ0n) is 20.6. The number of nitrogens with one attached hydrogen (secondary N) is 1. The number of carbonyl (C=O) groups excluding carboxylic acids is 2. The van der Waals surface area contributed by atoms with Gasteiger partial charge in [-0.2, -0.15) is 0 Å². The molecule has 8 heteroatoms. The van der Waals surface area contributed by atoms with Gasteiger partial charge in [0.1, 0.15) is 0 Å². The molecule has 184 valence electrons. The van der Waals surface area contributed by atoms with E-state index in [9.17, 15) is 9.59 Å². The minimum Gasteiger partial charge on any atom is -0.493 e. The van der Waals surface area contributed by atoms with Crippen LogP contribution in [0.15, 0.2) is 36.4 Å². The molecule has 34 heavy (non-hydrogen) atoms. The van der Waals surface area contributed by atoms with Gasteiger partial charge < -0.3 is 29.2 Å². The van der Waals surface area contributed by atoms with E-state index in [1.54, 1.807) is 33.3 Å². The summed E-state index contributed by atoms with van der Waals surface area (Å²) in [5.74, 6) is 0.697. The van der Waals surface area contributed by atoms with Crippen molar-refractivity contribution in [1.82, 2.24) is 10.2 Å². The topological polar surface area (TPSA) is 86.3 Å². The van der Waals surface area contributed by atoms with E-state index in [-0.39, 0.29) is 17.7 Å². The average Bonchev–Trinajstić information content (AvgIpc) is 3.31. The second-order valence-corrected chi connectivity index (χ2v) is 8.33. The van der Waals surface area contributed by atoms with Crippen molar-refractivity contribution in [1.29, 1.82) is 0 Å². The molecule has 0 bridgehead atoms. The zero-order chi connectivity index (χ0) is 24.7. The van der Waals surface area contributed by atoms with Gasteiger partial charge in [0.05, 0.1) is 27.2 Å². The number of hydrogen-bond donors (Lipinski definition) is 1. The van der Waals surface area contributed by atoms with Gasteiger partial charge in [-0.15, -0.1) is 0 Å². The van der Waals surface area contributed by atoms with Gasteiger partial charge in [0, 0.05) is 44.8 Å². The molecule has 1 aliphatic rings. The van der Waals surface area contributed by atoms with E-state index in [1.165, 1.54) is 0 Å². The number of rotatable bonds is 10. The molecule has 0 spiro atoms. The minimum atomic E-state index is -0.418. The summed E-state index contributed by atoms with van der Waals surface area (Å²) in [7, 11) is 6.30. The van der Waals surface area contributed by atoms with Crippen molar-refractivity contribution in [3.8, 4) is 17.2 Å². The van der Waals surface area contributed by atoms with Crippen molar-refractivity contribution >= 4 is 11.8 Å². The highest BCUT2D eigenvalue weighted by Gasteiger charge is 2.41. The summed E-state index contributed by atoms with van der Waals surface area (Å²) in [5.41, 5.74) is 2.41. The van der Waals surface area contributed by atoms with Gasteiger partial charge in [-0.1, -0.05) is 18.2 Å². The smallest absolute Gasteiger partial charge is 0.254 e. The van der Waals surface area contributed by atoms with Crippen molar-refractivity contribution in [2.45, 2.75) is 19.3 Å². The third-order valence-corrected chi connectivity index (χ3v) is 6.26. The number of amides is 2. The molecule has 1 fully saturated rings. The zero-order valence-corrected chi connectivity index (χ0v) is 20.6. The molecule has 3 rings (SSSR count). The van der Waals surface area contributed by atoms with Crippen LogP contribution >= 0.6 is 0 Å². The van der Waals surface area contributed by atoms with E-state index >= 15 is 0 Å². The number of aryl methyl sites for hydroxylation is 1. The molecule has 1 saturated heterocycles. The first-order chi connectivity index (χ1) is 16.4. The predicted molar refractivity (Wildman–Crippen MR) is 129 cm³/mol. The van der Waals surface area contributed by atoms with E-state index in [0.717, 1.165) is 17.5 Å².